The molecule has 16 heavy (non-hydrogen) atoms. The van der Waals surface area contributed by atoms with Gasteiger partial charge in [-0.15, -0.1) is 0 Å². The van der Waals surface area contributed by atoms with Gasteiger partial charge in [0.1, 0.15) is 0 Å². The Morgan fingerprint density at radius 3 is 2.62 bits per heavy atom. The molecule has 3 nitrogen and oxygen atoms in total. The van der Waals surface area contributed by atoms with Crippen molar-refractivity contribution < 1.29 is 0 Å². The fourth-order valence-corrected chi connectivity index (χ4v) is 1.53. The molecule has 0 aliphatic carbocycles. The number of hydrogen-bond donors (Lipinski definition) is 0. The van der Waals surface area contributed by atoms with E-state index in [9.17, 15) is 4.79 Å². The molecule has 0 fully saturated rings. The number of hydrogen-bond acceptors (Lipinski definition) is 2. The van der Waals surface area contributed by atoms with E-state index in [1.165, 1.54) is 4.68 Å². The van der Waals surface area contributed by atoms with E-state index in [-0.39, 0.29) is 5.56 Å². The normalized spacial score (nSPS) is 10.1. The Kier molecular flexibility index (Phi) is 2.68. The molecule has 0 bridgehead atoms. The van der Waals surface area contributed by atoms with Gasteiger partial charge in [-0.1, -0.05) is 43.0 Å². The van der Waals surface area contributed by atoms with Crippen molar-refractivity contribution >= 4 is 6.08 Å². The first-order valence-corrected chi connectivity index (χ1v) is 4.98. The van der Waals surface area contributed by atoms with Gasteiger partial charge < -0.3 is 0 Å². The van der Waals surface area contributed by atoms with Crippen LogP contribution in [0.4, 0.5) is 0 Å². The van der Waals surface area contributed by atoms with Crippen molar-refractivity contribution in [2.24, 2.45) is 7.05 Å². The summed E-state index contributed by atoms with van der Waals surface area (Å²) in [5, 5.41) is 4.25. The van der Waals surface area contributed by atoms with E-state index in [2.05, 4.69) is 11.7 Å². The molecule has 0 spiro atoms. The first-order valence-electron chi connectivity index (χ1n) is 4.98. The lowest BCUT2D eigenvalue weighted by Gasteiger charge is -2.06. The van der Waals surface area contributed by atoms with Gasteiger partial charge in [0.2, 0.25) is 0 Å². The van der Waals surface area contributed by atoms with Gasteiger partial charge in [-0.3, -0.25) is 4.79 Å². The van der Waals surface area contributed by atoms with Crippen LogP contribution in [0.1, 0.15) is 5.56 Å². The predicted octanol–water partition coefficient (Wildman–Crippen LogP) is 2.09. The minimum atomic E-state index is -0.130. The quantitative estimate of drug-likeness (QED) is 0.764. The van der Waals surface area contributed by atoms with Crippen LogP contribution < -0.4 is 5.56 Å². The molecule has 1 heterocycles. The van der Waals surface area contributed by atoms with Crippen LogP contribution in [-0.4, -0.2) is 9.78 Å². The van der Waals surface area contributed by atoms with Crippen LogP contribution in [0.15, 0.2) is 47.8 Å². The number of rotatable bonds is 2. The summed E-state index contributed by atoms with van der Waals surface area (Å²) in [6.45, 7) is 3.70. The Balaban J connectivity index is 2.69. The highest BCUT2D eigenvalue weighted by Gasteiger charge is 2.06. The van der Waals surface area contributed by atoms with Crippen molar-refractivity contribution in [1.29, 1.82) is 0 Å². The highest BCUT2D eigenvalue weighted by molar-refractivity contribution is 5.70. The molecule has 0 amide bonds. The van der Waals surface area contributed by atoms with Crippen LogP contribution in [0, 0.1) is 0 Å². The summed E-state index contributed by atoms with van der Waals surface area (Å²) in [5.41, 5.74) is 2.38. The van der Waals surface area contributed by atoms with Gasteiger partial charge >= 0.3 is 0 Å². The minimum Gasteiger partial charge on any atom is -0.268 e. The molecule has 0 radical (unpaired) electrons. The van der Waals surface area contributed by atoms with Gasteiger partial charge in [0, 0.05) is 24.2 Å². The molecule has 0 aliphatic rings. The zero-order valence-corrected chi connectivity index (χ0v) is 9.05. The summed E-state index contributed by atoms with van der Waals surface area (Å²) in [6.07, 6.45) is 1.65. The Morgan fingerprint density at radius 2 is 2.00 bits per heavy atom. The zero-order chi connectivity index (χ0) is 11.5. The SMILES string of the molecule is C=Cc1cc(=O)n(C)nc1-c1ccccc1. The van der Waals surface area contributed by atoms with E-state index in [0.717, 1.165) is 16.8 Å². The van der Waals surface area contributed by atoms with E-state index in [1.807, 2.05) is 30.3 Å². The van der Waals surface area contributed by atoms with Crippen molar-refractivity contribution in [2.75, 3.05) is 0 Å². The summed E-state index contributed by atoms with van der Waals surface area (Å²) < 4.78 is 1.33. The second-order valence-electron chi connectivity index (χ2n) is 3.48. The molecule has 1 aromatic carbocycles. The standard InChI is InChI=1S/C13H12N2O/c1-3-10-9-12(16)15(2)14-13(10)11-7-5-4-6-8-11/h3-9H,1H2,2H3. The number of aryl methyl sites for hydroxylation is 1. The van der Waals surface area contributed by atoms with E-state index in [4.69, 9.17) is 0 Å². The van der Waals surface area contributed by atoms with E-state index >= 15 is 0 Å². The third kappa shape index (κ3) is 1.80. The fraction of sp³-hybridized carbons (Fsp3) is 0.0769. The molecule has 0 saturated carbocycles. The monoisotopic (exact) mass is 212 g/mol. The van der Waals surface area contributed by atoms with Crippen molar-refractivity contribution in [3.05, 3.63) is 58.9 Å². The molecule has 0 unspecified atom stereocenters. The smallest absolute Gasteiger partial charge is 0.267 e. The van der Waals surface area contributed by atoms with Gasteiger partial charge in [0.05, 0.1) is 5.69 Å². The van der Waals surface area contributed by atoms with Crippen LogP contribution in [-0.2, 0) is 7.05 Å². The number of nitrogens with zero attached hydrogens (tertiary/aromatic N) is 2. The van der Waals surface area contributed by atoms with Gasteiger partial charge in [-0.05, 0) is 0 Å². The van der Waals surface area contributed by atoms with Gasteiger partial charge in [-0.25, -0.2) is 4.68 Å². The molecule has 0 atom stereocenters. The first kappa shape index (κ1) is 10.4. The van der Waals surface area contributed by atoms with Crippen molar-refractivity contribution in [1.82, 2.24) is 9.78 Å². The maximum absolute atomic E-state index is 11.4. The van der Waals surface area contributed by atoms with Crippen LogP contribution >= 0.6 is 0 Å². The molecule has 0 saturated heterocycles. The van der Waals surface area contributed by atoms with Crippen LogP contribution in [0.3, 0.4) is 0 Å². The van der Waals surface area contributed by atoms with Crippen molar-refractivity contribution in [3.63, 3.8) is 0 Å². The van der Waals surface area contributed by atoms with Crippen LogP contribution in [0.25, 0.3) is 17.3 Å². The van der Waals surface area contributed by atoms with E-state index in [1.54, 1.807) is 19.2 Å². The van der Waals surface area contributed by atoms with Crippen molar-refractivity contribution in [3.8, 4) is 11.3 Å². The van der Waals surface area contributed by atoms with E-state index in [0.29, 0.717) is 0 Å². The minimum absolute atomic E-state index is 0.130. The molecule has 0 N–H and O–H groups in total. The van der Waals surface area contributed by atoms with Crippen LogP contribution in [0.2, 0.25) is 0 Å². The maximum atomic E-state index is 11.4. The molecule has 1 aromatic heterocycles. The average molecular weight is 212 g/mol. The summed E-state index contributed by atoms with van der Waals surface area (Å²) in [5.74, 6) is 0. The lowest BCUT2D eigenvalue weighted by atomic mass is 10.1. The first-order chi connectivity index (χ1) is 7.72. The predicted molar refractivity (Wildman–Crippen MR) is 65.0 cm³/mol. The second kappa shape index (κ2) is 4.14. The van der Waals surface area contributed by atoms with Crippen molar-refractivity contribution in [2.45, 2.75) is 0 Å². The number of benzene rings is 1. The molecule has 0 aliphatic heterocycles. The summed E-state index contributed by atoms with van der Waals surface area (Å²) >= 11 is 0. The highest BCUT2D eigenvalue weighted by Crippen LogP contribution is 2.19. The Morgan fingerprint density at radius 1 is 1.31 bits per heavy atom. The summed E-state index contributed by atoms with van der Waals surface area (Å²) in [4.78, 5) is 11.4. The Labute approximate surface area is 93.7 Å². The molecule has 3 heteroatoms. The summed E-state index contributed by atoms with van der Waals surface area (Å²) in [7, 11) is 1.64. The van der Waals surface area contributed by atoms with E-state index < -0.39 is 0 Å². The Hall–Kier alpha value is -2.16. The topological polar surface area (TPSA) is 34.9 Å². The highest BCUT2D eigenvalue weighted by atomic mass is 16.1. The average Bonchev–Trinajstić information content (AvgIpc) is 2.33. The van der Waals surface area contributed by atoms with Crippen LogP contribution in [0.5, 0.6) is 0 Å². The molecular weight excluding hydrogens is 200 g/mol. The third-order valence-corrected chi connectivity index (χ3v) is 2.39. The summed E-state index contributed by atoms with van der Waals surface area (Å²) in [6, 6.07) is 11.3. The maximum Gasteiger partial charge on any atom is 0.267 e. The fourth-order valence-electron chi connectivity index (χ4n) is 1.53. The van der Waals surface area contributed by atoms with Gasteiger partial charge in [0.25, 0.3) is 5.56 Å². The van der Waals surface area contributed by atoms with Gasteiger partial charge in [0.15, 0.2) is 0 Å². The molecule has 2 rings (SSSR count). The molecular formula is C13H12N2O. The zero-order valence-electron chi connectivity index (χ0n) is 9.05. The third-order valence-electron chi connectivity index (χ3n) is 2.39. The number of aromatic nitrogens is 2. The van der Waals surface area contributed by atoms with Gasteiger partial charge in [-0.2, -0.15) is 5.10 Å². The lowest BCUT2D eigenvalue weighted by Crippen LogP contribution is -2.19. The second-order valence-corrected chi connectivity index (χ2v) is 3.48. The molecule has 2 aromatic rings. The largest absolute Gasteiger partial charge is 0.268 e. The lowest BCUT2D eigenvalue weighted by molar-refractivity contribution is 0.711. The molecule has 80 valence electrons. The Bertz CT molecular complexity index is 570.